The van der Waals surface area contributed by atoms with Crippen molar-refractivity contribution < 1.29 is 9.52 Å². The van der Waals surface area contributed by atoms with Crippen LogP contribution in [0.1, 0.15) is 50.2 Å². The van der Waals surface area contributed by atoms with E-state index in [9.17, 15) is 5.11 Å². The second-order valence-electron chi connectivity index (χ2n) is 4.20. The van der Waals surface area contributed by atoms with Gasteiger partial charge in [0.25, 0.3) is 0 Å². The quantitative estimate of drug-likeness (QED) is 0.804. The molecule has 0 aliphatic heterocycles. The number of rotatable bonds is 3. The number of aliphatic hydroxyl groups excluding tert-OH is 1. The Kier molecular flexibility index (Phi) is 2.87. The molecule has 0 bridgehead atoms. The van der Waals surface area contributed by atoms with Crippen LogP contribution in [0.3, 0.4) is 0 Å². The lowest BCUT2D eigenvalue weighted by atomic mass is 10.1. The first-order chi connectivity index (χ1) is 6.75. The smallest absolute Gasteiger partial charge is 0.197 e. The summed E-state index contributed by atoms with van der Waals surface area (Å²) in [7, 11) is 0. The summed E-state index contributed by atoms with van der Waals surface area (Å²) in [6.07, 6.45) is 6.96. The second kappa shape index (κ2) is 4.13. The minimum atomic E-state index is -0.348. The van der Waals surface area contributed by atoms with Gasteiger partial charge in [0.05, 0.1) is 12.3 Å². The molecule has 1 unspecified atom stereocenters. The number of hydrogen-bond donors (Lipinski definition) is 1. The van der Waals surface area contributed by atoms with Gasteiger partial charge < -0.3 is 9.52 Å². The third-order valence-corrected chi connectivity index (χ3v) is 2.77. The Labute approximate surface area is 84.2 Å². The van der Waals surface area contributed by atoms with Gasteiger partial charge >= 0.3 is 0 Å². The van der Waals surface area contributed by atoms with E-state index in [1.807, 2.05) is 0 Å². The van der Waals surface area contributed by atoms with Crippen LogP contribution in [0.5, 0.6) is 0 Å². The number of aromatic nitrogens is 1. The molecule has 3 nitrogen and oxygen atoms in total. The molecule has 1 aromatic rings. The van der Waals surface area contributed by atoms with Gasteiger partial charge in [-0.25, -0.2) is 4.98 Å². The van der Waals surface area contributed by atoms with E-state index in [1.54, 1.807) is 13.1 Å². The minimum absolute atomic E-state index is 0.348. The molecule has 0 saturated heterocycles. The maximum atomic E-state index is 9.19. The van der Waals surface area contributed by atoms with Gasteiger partial charge in [-0.05, 0) is 19.8 Å². The molecule has 1 aliphatic carbocycles. The molecule has 1 aromatic heterocycles. The summed E-state index contributed by atoms with van der Waals surface area (Å²) < 4.78 is 5.61. The van der Waals surface area contributed by atoms with Gasteiger partial charge in [0.1, 0.15) is 5.76 Å². The molecular formula is C11H17NO2. The first kappa shape index (κ1) is 9.71. The summed E-state index contributed by atoms with van der Waals surface area (Å²) in [5.41, 5.74) is 0. The van der Waals surface area contributed by atoms with Crippen molar-refractivity contribution in [1.29, 1.82) is 0 Å². The van der Waals surface area contributed by atoms with Crippen LogP contribution >= 0.6 is 0 Å². The molecule has 14 heavy (non-hydrogen) atoms. The maximum absolute atomic E-state index is 9.19. The highest BCUT2D eigenvalue weighted by Crippen LogP contribution is 2.33. The molecule has 2 rings (SSSR count). The largest absolute Gasteiger partial charge is 0.445 e. The lowest BCUT2D eigenvalue weighted by Crippen LogP contribution is -2.02. The van der Waals surface area contributed by atoms with E-state index in [-0.39, 0.29) is 6.10 Å². The minimum Gasteiger partial charge on any atom is -0.445 e. The molecule has 1 saturated carbocycles. The van der Waals surface area contributed by atoms with Crippen LogP contribution in [-0.4, -0.2) is 16.2 Å². The predicted octanol–water partition coefficient (Wildman–Crippen LogP) is 2.26. The summed E-state index contributed by atoms with van der Waals surface area (Å²) >= 11 is 0. The van der Waals surface area contributed by atoms with Gasteiger partial charge in [0.15, 0.2) is 5.89 Å². The van der Waals surface area contributed by atoms with Crippen LogP contribution in [0, 0.1) is 0 Å². The first-order valence-electron chi connectivity index (χ1n) is 5.38. The Bertz CT molecular complexity index is 287. The van der Waals surface area contributed by atoms with Crippen molar-refractivity contribution in [3.63, 3.8) is 0 Å². The highest BCUT2D eigenvalue weighted by Gasteiger charge is 2.21. The maximum Gasteiger partial charge on any atom is 0.197 e. The molecule has 1 aliphatic rings. The van der Waals surface area contributed by atoms with Crippen molar-refractivity contribution >= 4 is 0 Å². The van der Waals surface area contributed by atoms with Crippen molar-refractivity contribution in [1.82, 2.24) is 4.98 Å². The lowest BCUT2D eigenvalue weighted by Gasteiger charge is -2.02. The molecular weight excluding hydrogens is 178 g/mol. The Morgan fingerprint density at radius 3 is 2.93 bits per heavy atom. The van der Waals surface area contributed by atoms with Crippen LogP contribution in [0.25, 0.3) is 0 Å². The van der Waals surface area contributed by atoms with Crippen molar-refractivity contribution in [3.05, 3.63) is 17.8 Å². The predicted molar refractivity (Wildman–Crippen MR) is 53.1 cm³/mol. The third-order valence-electron chi connectivity index (χ3n) is 2.77. The number of nitrogens with zero attached hydrogens (tertiary/aromatic N) is 1. The van der Waals surface area contributed by atoms with Crippen molar-refractivity contribution in [3.8, 4) is 0 Å². The topological polar surface area (TPSA) is 46.3 Å². The van der Waals surface area contributed by atoms with E-state index in [1.165, 1.54) is 25.7 Å². The Balaban J connectivity index is 2.01. The molecule has 0 radical (unpaired) electrons. The third kappa shape index (κ3) is 2.15. The number of hydrogen-bond acceptors (Lipinski definition) is 3. The summed E-state index contributed by atoms with van der Waals surface area (Å²) in [4.78, 5) is 4.27. The number of oxazole rings is 1. The molecule has 1 fully saturated rings. The van der Waals surface area contributed by atoms with Gasteiger partial charge in [-0.3, -0.25) is 0 Å². The molecule has 0 aromatic carbocycles. The summed E-state index contributed by atoms with van der Waals surface area (Å²) in [5.74, 6) is 2.21. The Morgan fingerprint density at radius 2 is 2.29 bits per heavy atom. The van der Waals surface area contributed by atoms with Crippen LogP contribution in [-0.2, 0) is 6.42 Å². The van der Waals surface area contributed by atoms with Crippen molar-refractivity contribution in [2.45, 2.75) is 51.0 Å². The molecule has 1 atom stereocenters. The molecule has 1 N–H and O–H groups in total. The summed E-state index contributed by atoms with van der Waals surface area (Å²) in [5, 5.41) is 9.19. The zero-order valence-corrected chi connectivity index (χ0v) is 8.57. The van der Waals surface area contributed by atoms with Gasteiger partial charge in [-0.15, -0.1) is 0 Å². The van der Waals surface area contributed by atoms with Gasteiger partial charge in [0, 0.05) is 12.3 Å². The zero-order valence-electron chi connectivity index (χ0n) is 8.57. The standard InChI is InChI=1S/C11H17NO2/c1-8(13)6-10-7-12-11(14-10)9-4-2-3-5-9/h7-9,13H,2-6H2,1H3. The fourth-order valence-electron chi connectivity index (χ4n) is 2.07. The number of aliphatic hydroxyl groups is 1. The monoisotopic (exact) mass is 195 g/mol. The van der Waals surface area contributed by atoms with E-state index in [2.05, 4.69) is 4.98 Å². The van der Waals surface area contributed by atoms with E-state index in [0.717, 1.165) is 11.7 Å². The summed E-state index contributed by atoms with van der Waals surface area (Å²) in [6, 6.07) is 0. The van der Waals surface area contributed by atoms with Crippen molar-refractivity contribution in [2.24, 2.45) is 0 Å². The van der Waals surface area contributed by atoms with E-state index in [4.69, 9.17) is 4.42 Å². The van der Waals surface area contributed by atoms with Gasteiger partial charge in [-0.1, -0.05) is 12.8 Å². The molecule has 78 valence electrons. The molecule has 0 spiro atoms. The highest BCUT2D eigenvalue weighted by atomic mass is 16.4. The van der Waals surface area contributed by atoms with E-state index >= 15 is 0 Å². The van der Waals surface area contributed by atoms with Crippen LogP contribution in [0.15, 0.2) is 10.6 Å². The first-order valence-corrected chi connectivity index (χ1v) is 5.38. The molecule has 0 amide bonds. The lowest BCUT2D eigenvalue weighted by molar-refractivity contribution is 0.186. The highest BCUT2D eigenvalue weighted by molar-refractivity contribution is 5.01. The normalized spacial score (nSPS) is 20.1. The second-order valence-corrected chi connectivity index (χ2v) is 4.20. The van der Waals surface area contributed by atoms with Gasteiger partial charge in [-0.2, -0.15) is 0 Å². The van der Waals surface area contributed by atoms with E-state index < -0.39 is 0 Å². The molecule has 3 heteroatoms. The Hall–Kier alpha value is -0.830. The summed E-state index contributed by atoms with van der Waals surface area (Å²) in [6.45, 7) is 1.76. The molecule has 1 heterocycles. The zero-order chi connectivity index (χ0) is 9.97. The van der Waals surface area contributed by atoms with Crippen LogP contribution in [0.4, 0.5) is 0 Å². The fraction of sp³-hybridized carbons (Fsp3) is 0.727. The van der Waals surface area contributed by atoms with Crippen LogP contribution < -0.4 is 0 Å². The van der Waals surface area contributed by atoms with Gasteiger partial charge in [0.2, 0.25) is 0 Å². The van der Waals surface area contributed by atoms with Crippen LogP contribution in [0.2, 0.25) is 0 Å². The SMILES string of the molecule is CC(O)Cc1cnc(C2CCCC2)o1. The van der Waals surface area contributed by atoms with Crippen molar-refractivity contribution in [2.75, 3.05) is 0 Å². The Morgan fingerprint density at radius 1 is 1.57 bits per heavy atom. The fourth-order valence-corrected chi connectivity index (χ4v) is 2.07. The average molecular weight is 195 g/mol. The average Bonchev–Trinajstić information content (AvgIpc) is 2.69. The van der Waals surface area contributed by atoms with E-state index in [0.29, 0.717) is 12.3 Å².